The summed E-state index contributed by atoms with van der Waals surface area (Å²) in [5, 5.41) is 13.9. The Morgan fingerprint density at radius 3 is 2.00 bits per heavy atom. The fourth-order valence-electron chi connectivity index (χ4n) is 3.36. The third kappa shape index (κ3) is 2.31. The minimum absolute atomic E-state index is 0.114. The fraction of sp³-hybridized carbons (Fsp3) is 0.0476. The molecule has 0 atom stereocenters. The number of rotatable bonds is 1. The summed E-state index contributed by atoms with van der Waals surface area (Å²) in [6, 6.07) is 19.5. The maximum absolute atomic E-state index is 12.3. The van der Waals surface area contributed by atoms with Gasteiger partial charge in [0.25, 0.3) is 5.56 Å². The van der Waals surface area contributed by atoms with Gasteiger partial charge in [-0.05, 0) is 29.3 Å². The summed E-state index contributed by atoms with van der Waals surface area (Å²) in [5.74, 6) is 0. The number of fused-ring (bicyclic) bond motifs is 2. The second kappa shape index (κ2) is 5.77. The molecule has 0 aliphatic carbocycles. The molecule has 4 aromatic rings. The second-order valence-corrected chi connectivity index (χ2v) is 6.34. The molecule has 0 radical (unpaired) electrons. The first-order valence-electron chi connectivity index (χ1n) is 7.85. The first-order chi connectivity index (χ1) is 12.1. The normalized spacial score (nSPS) is 10.9. The molecule has 3 nitrogen and oxygen atoms in total. The minimum atomic E-state index is -0.374. The van der Waals surface area contributed by atoms with E-state index in [2.05, 4.69) is 11.1 Å². The predicted octanol–water partition coefficient (Wildman–Crippen LogP) is 5.18. The molecule has 0 unspecified atom stereocenters. The number of aromatic amines is 1. The lowest BCUT2D eigenvalue weighted by Gasteiger charge is -2.15. The number of nitrogens with zero attached hydrogens (tertiary/aromatic N) is 1. The highest BCUT2D eigenvalue weighted by molar-refractivity contribution is 6.42. The predicted molar refractivity (Wildman–Crippen MR) is 102 cm³/mol. The quantitative estimate of drug-likeness (QED) is 0.483. The summed E-state index contributed by atoms with van der Waals surface area (Å²) in [4.78, 5) is 15.0. The van der Waals surface area contributed by atoms with Gasteiger partial charge in [-0.3, -0.25) is 4.79 Å². The zero-order valence-corrected chi connectivity index (χ0v) is 14.2. The topological polar surface area (TPSA) is 56.6 Å². The van der Waals surface area contributed by atoms with E-state index in [1.54, 1.807) is 0 Å². The van der Waals surface area contributed by atoms with Crippen LogP contribution in [0.5, 0.6) is 0 Å². The maximum atomic E-state index is 12.3. The van der Waals surface area contributed by atoms with Gasteiger partial charge < -0.3 is 4.98 Å². The molecule has 0 bridgehead atoms. The van der Waals surface area contributed by atoms with Crippen molar-refractivity contribution in [3.8, 4) is 17.2 Å². The Balaban J connectivity index is 2.32. The van der Waals surface area contributed by atoms with Crippen molar-refractivity contribution < 1.29 is 0 Å². The van der Waals surface area contributed by atoms with Gasteiger partial charge in [-0.25, -0.2) is 0 Å². The number of benzene rings is 3. The summed E-state index contributed by atoms with van der Waals surface area (Å²) in [7, 11) is 0. The number of aromatic nitrogens is 1. The number of H-pyrrole nitrogens is 1. The molecule has 0 amide bonds. The second-order valence-electron chi connectivity index (χ2n) is 5.96. The fourth-order valence-corrected chi connectivity index (χ4v) is 3.69. The number of nitrogens with one attached hydrogen (secondary N) is 1. The van der Waals surface area contributed by atoms with Gasteiger partial charge in [-0.2, -0.15) is 5.26 Å². The van der Waals surface area contributed by atoms with Crippen LogP contribution in [0.2, 0.25) is 5.02 Å². The summed E-state index contributed by atoms with van der Waals surface area (Å²) in [6.45, 7) is 1.81. The van der Waals surface area contributed by atoms with Gasteiger partial charge in [0.2, 0.25) is 0 Å². The molecule has 4 rings (SSSR count). The van der Waals surface area contributed by atoms with Crippen LogP contribution in [0.25, 0.3) is 32.7 Å². The van der Waals surface area contributed by atoms with Crippen LogP contribution in [0.1, 0.15) is 11.3 Å². The zero-order chi connectivity index (χ0) is 17.6. The van der Waals surface area contributed by atoms with E-state index < -0.39 is 0 Å². The van der Waals surface area contributed by atoms with Gasteiger partial charge in [0.1, 0.15) is 11.6 Å². The Labute approximate surface area is 149 Å². The van der Waals surface area contributed by atoms with Crippen LogP contribution in [-0.4, -0.2) is 4.98 Å². The summed E-state index contributed by atoms with van der Waals surface area (Å²) in [6.07, 6.45) is 0. The highest BCUT2D eigenvalue weighted by Gasteiger charge is 2.18. The Hall–Kier alpha value is -3.09. The Kier molecular flexibility index (Phi) is 3.56. The number of halogens is 1. The molecule has 120 valence electrons. The van der Waals surface area contributed by atoms with Crippen LogP contribution in [0, 0.1) is 18.3 Å². The molecule has 1 aromatic heterocycles. The molecule has 0 spiro atoms. The van der Waals surface area contributed by atoms with Crippen molar-refractivity contribution in [1.29, 1.82) is 5.26 Å². The largest absolute Gasteiger partial charge is 0.325 e. The first kappa shape index (κ1) is 15.4. The van der Waals surface area contributed by atoms with Crippen LogP contribution >= 0.6 is 11.6 Å². The van der Waals surface area contributed by atoms with Gasteiger partial charge in [0.15, 0.2) is 0 Å². The molecular formula is C21H13ClN2O. The molecule has 0 saturated heterocycles. The number of pyridine rings is 1. The molecule has 0 aliphatic rings. The number of hydrogen-bond donors (Lipinski definition) is 1. The van der Waals surface area contributed by atoms with Crippen molar-refractivity contribution in [3.05, 3.63) is 81.2 Å². The van der Waals surface area contributed by atoms with E-state index in [4.69, 9.17) is 11.6 Å². The van der Waals surface area contributed by atoms with E-state index in [0.29, 0.717) is 16.3 Å². The van der Waals surface area contributed by atoms with E-state index in [0.717, 1.165) is 27.1 Å². The third-order valence-corrected chi connectivity index (χ3v) is 4.82. The van der Waals surface area contributed by atoms with Crippen molar-refractivity contribution in [2.75, 3.05) is 0 Å². The van der Waals surface area contributed by atoms with Crippen LogP contribution in [0.15, 0.2) is 59.4 Å². The molecule has 0 fully saturated rings. The van der Waals surface area contributed by atoms with E-state index in [-0.39, 0.29) is 11.1 Å². The van der Waals surface area contributed by atoms with E-state index in [1.807, 2.05) is 61.5 Å². The zero-order valence-electron chi connectivity index (χ0n) is 13.4. The number of hydrogen-bond acceptors (Lipinski definition) is 2. The average Bonchev–Trinajstić information content (AvgIpc) is 2.62. The molecule has 0 aliphatic heterocycles. The van der Waals surface area contributed by atoms with Crippen molar-refractivity contribution in [2.45, 2.75) is 6.92 Å². The average molecular weight is 345 g/mol. The summed E-state index contributed by atoms with van der Waals surface area (Å²) >= 11 is 6.64. The van der Waals surface area contributed by atoms with Gasteiger partial charge in [-0.15, -0.1) is 0 Å². The Morgan fingerprint density at radius 1 is 0.960 bits per heavy atom. The molecule has 1 N–H and O–H groups in total. The van der Waals surface area contributed by atoms with Crippen LogP contribution in [-0.2, 0) is 0 Å². The standard InChI is InChI=1S/C21H13ClN2O/c1-12-10-17(18(11-23)21(25)24-12)19-13-6-2-4-8-15(13)20(22)16-9-5-3-7-14(16)19/h2-10H,1H3,(H,24,25). The highest BCUT2D eigenvalue weighted by atomic mass is 35.5. The van der Waals surface area contributed by atoms with Crippen LogP contribution in [0.4, 0.5) is 0 Å². The van der Waals surface area contributed by atoms with Gasteiger partial charge in [0.05, 0.1) is 5.02 Å². The maximum Gasteiger partial charge on any atom is 0.266 e. The molecule has 3 aromatic carbocycles. The highest BCUT2D eigenvalue weighted by Crippen LogP contribution is 2.41. The van der Waals surface area contributed by atoms with E-state index in [1.165, 1.54) is 0 Å². The minimum Gasteiger partial charge on any atom is -0.325 e. The lowest BCUT2D eigenvalue weighted by Crippen LogP contribution is -2.13. The monoisotopic (exact) mass is 344 g/mol. The summed E-state index contributed by atoms with van der Waals surface area (Å²) in [5.41, 5.74) is 1.94. The van der Waals surface area contributed by atoms with E-state index in [9.17, 15) is 10.1 Å². The van der Waals surface area contributed by atoms with Crippen molar-refractivity contribution >= 4 is 33.1 Å². The molecular weight excluding hydrogens is 332 g/mol. The Morgan fingerprint density at radius 2 is 1.48 bits per heavy atom. The van der Waals surface area contributed by atoms with Crippen LogP contribution < -0.4 is 5.56 Å². The number of nitriles is 1. The lowest BCUT2D eigenvalue weighted by atomic mass is 9.90. The molecule has 1 heterocycles. The van der Waals surface area contributed by atoms with Gasteiger partial charge >= 0.3 is 0 Å². The lowest BCUT2D eigenvalue weighted by molar-refractivity contribution is 1.13. The Bertz CT molecular complexity index is 1190. The van der Waals surface area contributed by atoms with Crippen molar-refractivity contribution in [2.24, 2.45) is 0 Å². The van der Waals surface area contributed by atoms with Gasteiger partial charge in [0, 0.05) is 22.0 Å². The van der Waals surface area contributed by atoms with Crippen LogP contribution in [0.3, 0.4) is 0 Å². The third-order valence-electron chi connectivity index (χ3n) is 4.41. The summed E-state index contributed by atoms with van der Waals surface area (Å²) < 4.78 is 0. The molecule has 4 heteroatoms. The van der Waals surface area contributed by atoms with E-state index >= 15 is 0 Å². The molecule has 0 saturated carbocycles. The van der Waals surface area contributed by atoms with Crippen molar-refractivity contribution in [1.82, 2.24) is 4.98 Å². The smallest absolute Gasteiger partial charge is 0.266 e. The number of aryl methyl sites for hydroxylation is 1. The molecule has 25 heavy (non-hydrogen) atoms. The van der Waals surface area contributed by atoms with Gasteiger partial charge in [-0.1, -0.05) is 60.1 Å². The van der Waals surface area contributed by atoms with Crippen molar-refractivity contribution in [3.63, 3.8) is 0 Å². The first-order valence-corrected chi connectivity index (χ1v) is 8.23. The SMILES string of the molecule is Cc1cc(-c2c3ccccc3c(Cl)c3ccccc23)c(C#N)c(=O)[nH]1.